The third-order valence-electron chi connectivity index (χ3n) is 3.11. The normalized spacial score (nSPS) is 11.8. The maximum atomic E-state index is 11.8. The molecule has 0 saturated heterocycles. The monoisotopic (exact) mass is 293 g/mol. The zero-order chi connectivity index (χ0) is 15.7. The molecule has 1 unspecified atom stereocenters. The van der Waals surface area contributed by atoms with Crippen molar-refractivity contribution in [3.8, 4) is 0 Å². The summed E-state index contributed by atoms with van der Waals surface area (Å²) in [7, 11) is 3.20. The third-order valence-corrected chi connectivity index (χ3v) is 3.11. The number of nitrogens with two attached hydrogens (primary N) is 1. The summed E-state index contributed by atoms with van der Waals surface area (Å²) in [5, 5.41) is 5.34. The van der Waals surface area contributed by atoms with E-state index in [9.17, 15) is 9.59 Å². The smallest absolute Gasteiger partial charge is 0.251 e. The van der Waals surface area contributed by atoms with Crippen molar-refractivity contribution in [1.82, 2.24) is 10.6 Å². The van der Waals surface area contributed by atoms with Gasteiger partial charge in [-0.3, -0.25) is 9.59 Å². The van der Waals surface area contributed by atoms with E-state index in [1.165, 1.54) is 0 Å². The van der Waals surface area contributed by atoms with Crippen LogP contribution in [-0.4, -0.2) is 38.6 Å². The first-order chi connectivity index (χ1) is 10.1. The molecule has 6 heteroatoms. The second kappa shape index (κ2) is 9.10. The molecular formula is C15H23N3O3. The van der Waals surface area contributed by atoms with Crippen molar-refractivity contribution in [1.29, 1.82) is 0 Å². The van der Waals surface area contributed by atoms with Gasteiger partial charge in [-0.2, -0.15) is 0 Å². The number of carbonyl (C=O) groups is 2. The fraction of sp³-hybridized carbons (Fsp3) is 0.467. The molecule has 0 aromatic heterocycles. The van der Waals surface area contributed by atoms with Crippen molar-refractivity contribution in [2.75, 3.05) is 20.8 Å². The van der Waals surface area contributed by atoms with Crippen molar-refractivity contribution >= 4 is 11.8 Å². The molecule has 4 N–H and O–H groups in total. The molecule has 1 atom stereocenters. The quantitative estimate of drug-likeness (QED) is 0.605. The van der Waals surface area contributed by atoms with Gasteiger partial charge in [0.05, 0.1) is 6.04 Å². The van der Waals surface area contributed by atoms with Gasteiger partial charge in [0.2, 0.25) is 5.91 Å². The maximum absolute atomic E-state index is 11.8. The lowest BCUT2D eigenvalue weighted by atomic mass is 10.1. The maximum Gasteiger partial charge on any atom is 0.251 e. The van der Waals surface area contributed by atoms with Crippen LogP contribution in [0.25, 0.3) is 0 Å². The molecule has 0 aliphatic heterocycles. The number of amides is 2. The van der Waals surface area contributed by atoms with E-state index < -0.39 is 6.04 Å². The highest BCUT2D eigenvalue weighted by Gasteiger charge is 2.12. The molecule has 0 radical (unpaired) electrons. The summed E-state index contributed by atoms with van der Waals surface area (Å²) in [5.41, 5.74) is 7.29. The molecule has 0 fully saturated rings. The number of benzene rings is 1. The Bertz CT molecular complexity index is 460. The van der Waals surface area contributed by atoms with Crippen LogP contribution in [0.1, 0.15) is 28.8 Å². The van der Waals surface area contributed by atoms with Crippen molar-refractivity contribution < 1.29 is 14.3 Å². The largest absolute Gasteiger partial charge is 0.385 e. The molecule has 0 aliphatic carbocycles. The number of methoxy groups -OCH3 is 1. The first-order valence-electron chi connectivity index (χ1n) is 6.91. The Balaban J connectivity index is 2.40. The predicted octanol–water partition coefficient (Wildman–Crippen LogP) is 0.416. The van der Waals surface area contributed by atoms with Gasteiger partial charge < -0.3 is 21.1 Å². The Labute approximate surface area is 125 Å². The molecule has 21 heavy (non-hydrogen) atoms. The number of nitrogens with one attached hydrogen (secondary N) is 2. The van der Waals surface area contributed by atoms with E-state index in [-0.39, 0.29) is 11.8 Å². The van der Waals surface area contributed by atoms with Crippen LogP contribution in [0.15, 0.2) is 24.3 Å². The van der Waals surface area contributed by atoms with Crippen LogP contribution < -0.4 is 16.4 Å². The highest BCUT2D eigenvalue weighted by atomic mass is 16.5. The second-order valence-corrected chi connectivity index (χ2v) is 4.74. The van der Waals surface area contributed by atoms with Gasteiger partial charge in [0.25, 0.3) is 5.91 Å². The SMILES string of the molecule is CNC(=O)c1ccc(CNC(=O)C(N)CCCOC)cc1. The fourth-order valence-corrected chi connectivity index (χ4v) is 1.82. The molecule has 0 spiro atoms. The molecule has 6 nitrogen and oxygen atoms in total. The van der Waals surface area contributed by atoms with Crippen molar-refractivity contribution in [3.05, 3.63) is 35.4 Å². The van der Waals surface area contributed by atoms with Crippen molar-refractivity contribution in [2.45, 2.75) is 25.4 Å². The van der Waals surface area contributed by atoms with Crippen molar-refractivity contribution in [3.63, 3.8) is 0 Å². The first kappa shape index (κ1) is 17.1. The van der Waals surface area contributed by atoms with Crippen LogP contribution in [0.3, 0.4) is 0 Å². The molecule has 2 amide bonds. The van der Waals surface area contributed by atoms with Crippen LogP contribution in [0.2, 0.25) is 0 Å². The van der Waals surface area contributed by atoms with Gasteiger partial charge in [-0.15, -0.1) is 0 Å². The van der Waals surface area contributed by atoms with Crippen LogP contribution in [-0.2, 0) is 16.1 Å². The Morgan fingerprint density at radius 2 is 1.95 bits per heavy atom. The summed E-state index contributed by atoms with van der Waals surface area (Å²) in [6.45, 7) is 0.993. The summed E-state index contributed by atoms with van der Waals surface area (Å²) in [6.07, 6.45) is 1.35. The van der Waals surface area contributed by atoms with Crippen LogP contribution in [0.4, 0.5) is 0 Å². The minimum atomic E-state index is -0.523. The molecule has 116 valence electrons. The lowest BCUT2D eigenvalue weighted by Crippen LogP contribution is -2.40. The fourth-order valence-electron chi connectivity index (χ4n) is 1.82. The van der Waals surface area contributed by atoms with Crippen LogP contribution >= 0.6 is 0 Å². The van der Waals surface area contributed by atoms with E-state index in [1.807, 2.05) is 0 Å². The lowest BCUT2D eigenvalue weighted by Gasteiger charge is -2.12. The van der Waals surface area contributed by atoms with Crippen LogP contribution in [0, 0.1) is 0 Å². The molecule has 0 bridgehead atoms. The summed E-state index contributed by atoms with van der Waals surface area (Å²) < 4.78 is 4.92. The summed E-state index contributed by atoms with van der Waals surface area (Å²) in [5.74, 6) is -0.313. The standard InChI is InChI=1S/C15H23N3O3/c1-17-14(19)12-7-5-11(6-8-12)10-18-15(20)13(16)4-3-9-21-2/h5-8,13H,3-4,9-10,16H2,1-2H3,(H,17,19)(H,18,20). The number of hydrogen-bond donors (Lipinski definition) is 3. The summed E-state index contributed by atoms with van der Waals surface area (Å²) >= 11 is 0. The number of hydrogen-bond acceptors (Lipinski definition) is 4. The van der Waals surface area contributed by atoms with E-state index in [0.717, 1.165) is 12.0 Å². The number of ether oxygens (including phenoxy) is 1. The van der Waals surface area contributed by atoms with Gasteiger partial charge in [0.1, 0.15) is 0 Å². The van der Waals surface area contributed by atoms with Crippen LogP contribution in [0.5, 0.6) is 0 Å². The van der Waals surface area contributed by atoms with Gasteiger partial charge in [-0.05, 0) is 30.5 Å². The number of carbonyl (C=O) groups excluding carboxylic acids is 2. The van der Waals surface area contributed by atoms with E-state index in [1.54, 1.807) is 38.4 Å². The molecule has 1 aromatic rings. The van der Waals surface area contributed by atoms with Crippen molar-refractivity contribution in [2.24, 2.45) is 5.73 Å². The minimum Gasteiger partial charge on any atom is -0.385 e. The molecule has 0 saturated carbocycles. The van der Waals surface area contributed by atoms with Gasteiger partial charge >= 0.3 is 0 Å². The highest BCUT2D eigenvalue weighted by Crippen LogP contribution is 2.04. The summed E-state index contributed by atoms with van der Waals surface area (Å²) in [6, 6.07) is 6.53. The number of rotatable bonds is 8. The average molecular weight is 293 g/mol. The predicted molar refractivity (Wildman–Crippen MR) is 80.8 cm³/mol. The second-order valence-electron chi connectivity index (χ2n) is 4.74. The Morgan fingerprint density at radius 3 is 2.52 bits per heavy atom. The molecule has 1 aromatic carbocycles. The van der Waals surface area contributed by atoms with E-state index in [0.29, 0.717) is 25.1 Å². The topological polar surface area (TPSA) is 93.5 Å². The minimum absolute atomic E-state index is 0.134. The van der Waals surface area contributed by atoms with Gasteiger partial charge in [-0.25, -0.2) is 0 Å². The highest BCUT2D eigenvalue weighted by molar-refractivity contribution is 5.93. The molecule has 0 aliphatic rings. The Morgan fingerprint density at radius 1 is 1.29 bits per heavy atom. The average Bonchev–Trinajstić information content (AvgIpc) is 2.52. The van der Waals surface area contributed by atoms with E-state index in [4.69, 9.17) is 10.5 Å². The van der Waals surface area contributed by atoms with Gasteiger partial charge in [-0.1, -0.05) is 12.1 Å². The van der Waals surface area contributed by atoms with E-state index in [2.05, 4.69) is 10.6 Å². The molecular weight excluding hydrogens is 270 g/mol. The Kier molecular flexibility index (Phi) is 7.42. The third kappa shape index (κ3) is 5.93. The van der Waals surface area contributed by atoms with E-state index >= 15 is 0 Å². The first-order valence-corrected chi connectivity index (χ1v) is 6.91. The zero-order valence-electron chi connectivity index (χ0n) is 12.5. The zero-order valence-corrected chi connectivity index (χ0v) is 12.5. The van der Waals surface area contributed by atoms with Gasteiger partial charge in [0, 0.05) is 32.9 Å². The lowest BCUT2D eigenvalue weighted by molar-refractivity contribution is -0.122. The molecule has 0 heterocycles. The Hall–Kier alpha value is -1.92. The molecule has 1 rings (SSSR count). The summed E-state index contributed by atoms with van der Waals surface area (Å²) in [4.78, 5) is 23.2. The van der Waals surface area contributed by atoms with Gasteiger partial charge in [0.15, 0.2) is 0 Å².